The fourth-order valence-corrected chi connectivity index (χ4v) is 2.48. The van der Waals surface area contributed by atoms with Crippen LogP contribution in [0.1, 0.15) is 13.8 Å². The zero-order chi connectivity index (χ0) is 17.7. The average Bonchev–Trinajstić information content (AvgIpc) is 2.59. The predicted octanol–water partition coefficient (Wildman–Crippen LogP) is 1.90. The molecule has 0 atom stereocenters. The molecule has 0 bridgehead atoms. The number of carbonyl (C=O) groups is 2. The first-order valence-corrected chi connectivity index (χ1v) is 7.60. The second-order valence-corrected chi connectivity index (χ2v) is 5.53. The smallest absolute Gasteiger partial charge is 0.355 e. The molecular formula is C17H22N2O5. The molecule has 1 aliphatic rings. The Balaban J connectivity index is 2.55. The van der Waals surface area contributed by atoms with Gasteiger partial charge >= 0.3 is 11.9 Å². The summed E-state index contributed by atoms with van der Waals surface area (Å²) < 4.78 is 15.1. The van der Waals surface area contributed by atoms with Crippen LogP contribution >= 0.6 is 0 Å². The lowest BCUT2D eigenvalue weighted by atomic mass is 10.1. The molecule has 7 heteroatoms. The highest BCUT2D eigenvalue weighted by molar-refractivity contribution is 6.04. The van der Waals surface area contributed by atoms with Crippen LogP contribution in [0, 0.1) is 0 Å². The van der Waals surface area contributed by atoms with E-state index < -0.39 is 11.9 Å². The minimum Gasteiger partial charge on any atom is -0.466 e. The number of carbonyl (C=O) groups excluding carboxylic acids is 2. The van der Waals surface area contributed by atoms with Crippen molar-refractivity contribution in [3.8, 4) is 0 Å². The number of esters is 2. The van der Waals surface area contributed by atoms with E-state index in [4.69, 9.17) is 14.2 Å². The van der Waals surface area contributed by atoms with E-state index in [2.05, 4.69) is 5.32 Å². The van der Waals surface area contributed by atoms with Crippen molar-refractivity contribution < 1.29 is 23.8 Å². The van der Waals surface area contributed by atoms with Crippen molar-refractivity contribution in [2.45, 2.75) is 19.9 Å². The van der Waals surface area contributed by atoms with Gasteiger partial charge in [-0.3, -0.25) is 0 Å². The Hall–Kier alpha value is -2.54. The van der Waals surface area contributed by atoms with Gasteiger partial charge in [0.1, 0.15) is 12.4 Å². The van der Waals surface area contributed by atoms with Crippen LogP contribution < -0.4 is 10.2 Å². The third-order valence-electron chi connectivity index (χ3n) is 3.47. The van der Waals surface area contributed by atoms with E-state index in [9.17, 15) is 9.59 Å². The van der Waals surface area contributed by atoms with Crippen molar-refractivity contribution >= 4 is 23.3 Å². The third kappa shape index (κ3) is 3.68. The van der Waals surface area contributed by atoms with Gasteiger partial charge < -0.3 is 24.4 Å². The lowest BCUT2D eigenvalue weighted by Crippen LogP contribution is -2.39. The highest BCUT2D eigenvalue weighted by Gasteiger charge is 2.33. The molecule has 1 aliphatic heterocycles. The highest BCUT2D eigenvalue weighted by Crippen LogP contribution is 2.32. The molecule has 1 heterocycles. The van der Waals surface area contributed by atoms with Gasteiger partial charge in [-0.1, -0.05) is 12.1 Å². The van der Waals surface area contributed by atoms with Crippen molar-refractivity contribution in [2.75, 3.05) is 37.8 Å². The van der Waals surface area contributed by atoms with E-state index in [1.165, 1.54) is 14.2 Å². The van der Waals surface area contributed by atoms with E-state index in [1.807, 2.05) is 38.1 Å². The number of methoxy groups -OCH3 is 2. The maximum Gasteiger partial charge on any atom is 0.355 e. The molecule has 0 unspecified atom stereocenters. The fraction of sp³-hybridized carbons (Fsp3) is 0.412. The van der Waals surface area contributed by atoms with Gasteiger partial charge in [0.05, 0.1) is 37.8 Å². The normalized spacial score (nSPS) is 14.6. The summed E-state index contributed by atoms with van der Waals surface area (Å²) in [6.45, 7) is 4.15. The molecule has 0 amide bonds. The topological polar surface area (TPSA) is 77.1 Å². The number of benzene rings is 1. The lowest BCUT2D eigenvalue weighted by Gasteiger charge is -2.33. The van der Waals surface area contributed by atoms with Gasteiger partial charge in [0.25, 0.3) is 0 Å². The first kappa shape index (κ1) is 17.8. The van der Waals surface area contributed by atoms with Crippen LogP contribution in [-0.4, -0.2) is 45.5 Å². The van der Waals surface area contributed by atoms with Crippen molar-refractivity contribution in [3.05, 3.63) is 35.5 Å². The van der Waals surface area contributed by atoms with Gasteiger partial charge in [-0.05, 0) is 26.0 Å². The summed E-state index contributed by atoms with van der Waals surface area (Å²) in [5.74, 6) is -1.23. The SMILES string of the molecule is COC(=O)C1=C(C(=O)OC)N(c2ccccc2NC(C)C)COC1. The van der Waals surface area contributed by atoms with E-state index in [1.54, 1.807) is 4.90 Å². The molecule has 130 valence electrons. The Morgan fingerprint density at radius 2 is 1.83 bits per heavy atom. The lowest BCUT2D eigenvalue weighted by molar-refractivity contribution is -0.140. The maximum absolute atomic E-state index is 12.3. The Labute approximate surface area is 141 Å². The van der Waals surface area contributed by atoms with Crippen molar-refractivity contribution in [2.24, 2.45) is 0 Å². The molecule has 7 nitrogen and oxygen atoms in total. The maximum atomic E-state index is 12.3. The summed E-state index contributed by atoms with van der Waals surface area (Å²) in [6, 6.07) is 7.68. The molecule has 0 aliphatic carbocycles. The molecule has 0 radical (unpaired) electrons. The van der Waals surface area contributed by atoms with E-state index >= 15 is 0 Å². The van der Waals surface area contributed by atoms with Crippen LogP contribution in [0.15, 0.2) is 35.5 Å². The minimum absolute atomic E-state index is 0.00656. The number of rotatable bonds is 5. The zero-order valence-corrected chi connectivity index (χ0v) is 14.3. The quantitative estimate of drug-likeness (QED) is 0.824. The van der Waals surface area contributed by atoms with Crippen LogP contribution in [0.25, 0.3) is 0 Å². The van der Waals surface area contributed by atoms with Gasteiger partial charge in [0.15, 0.2) is 0 Å². The van der Waals surface area contributed by atoms with Gasteiger partial charge in [0, 0.05) is 6.04 Å². The van der Waals surface area contributed by atoms with Gasteiger partial charge in [-0.2, -0.15) is 0 Å². The second-order valence-electron chi connectivity index (χ2n) is 5.53. The summed E-state index contributed by atoms with van der Waals surface area (Å²) in [4.78, 5) is 26.0. The largest absolute Gasteiger partial charge is 0.466 e. The van der Waals surface area contributed by atoms with Crippen molar-refractivity contribution in [1.82, 2.24) is 0 Å². The second kappa shape index (κ2) is 7.83. The van der Waals surface area contributed by atoms with Crippen LogP contribution in [-0.2, 0) is 23.8 Å². The zero-order valence-electron chi connectivity index (χ0n) is 14.3. The Kier molecular flexibility index (Phi) is 5.81. The Morgan fingerprint density at radius 3 is 2.46 bits per heavy atom. The monoisotopic (exact) mass is 334 g/mol. The van der Waals surface area contributed by atoms with Gasteiger partial charge in [-0.15, -0.1) is 0 Å². The predicted molar refractivity (Wildman–Crippen MR) is 89.6 cm³/mol. The Bertz CT molecular complexity index is 654. The summed E-state index contributed by atoms with van der Waals surface area (Å²) >= 11 is 0. The number of ether oxygens (including phenoxy) is 3. The number of nitrogens with zero attached hydrogens (tertiary/aromatic N) is 1. The number of hydrogen-bond donors (Lipinski definition) is 1. The first-order valence-electron chi connectivity index (χ1n) is 7.60. The summed E-state index contributed by atoms with van der Waals surface area (Å²) in [6.07, 6.45) is 0. The number of nitrogens with one attached hydrogen (secondary N) is 1. The first-order chi connectivity index (χ1) is 11.5. The average molecular weight is 334 g/mol. The van der Waals surface area contributed by atoms with Crippen molar-refractivity contribution in [1.29, 1.82) is 0 Å². The van der Waals surface area contributed by atoms with Crippen LogP contribution in [0.4, 0.5) is 11.4 Å². The van der Waals surface area contributed by atoms with E-state index in [-0.39, 0.29) is 30.6 Å². The van der Waals surface area contributed by atoms with E-state index in [0.717, 1.165) is 5.69 Å². The third-order valence-corrected chi connectivity index (χ3v) is 3.47. The number of para-hydroxylation sites is 2. The standard InChI is InChI=1S/C17H22N2O5/c1-11(2)18-13-7-5-6-8-14(13)19-10-24-9-12(16(20)22-3)15(19)17(21)23-4/h5-8,11,18H,9-10H2,1-4H3. The summed E-state index contributed by atoms with van der Waals surface area (Å²) in [7, 11) is 2.54. The molecule has 0 spiro atoms. The molecule has 0 saturated heterocycles. The van der Waals surface area contributed by atoms with Crippen molar-refractivity contribution in [3.63, 3.8) is 0 Å². The summed E-state index contributed by atoms with van der Waals surface area (Å²) in [5.41, 5.74) is 1.81. The van der Waals surface area contributed by atoms with Gasteiger partial charge in [0.2, 0.25) is 0 Å². The molecule has 0 fully saturated rings. The summed E-state index contributed by atoms with van der Waals surface area (Å²) in [5, 5.41) is 3.32. The molecule has 1 aromatic carbocycles. The van der Waals surface area contributed by atoms with Crippen LogP contribution in [0.2, 0.25) is 0 Å². The number of anilines is 2. The van der Waals surface area contributed by atoms with Gasteiger partial charge in [-0.25, -0.2) is 9.59 Å². The fourth-order valence-electron chi connectivity index (χ4n) is 2.48. The molecule has 2 rings (SSSR count). The minimum atomic E-state index is -0.616. The molecule has 0 aromatic heterocycles. The Morgan fingerprint density at radius 1 is 1.17 bits per heavy atom. The molecule has 0 saturated carbocycles. The highest BCUT2D eigenvalue weighted by atomic mass is 16.5. The van der Waals surface area contributed by atoms with Crippen LogP contribution in [0.3, 0.4) is 0 Å². The molecule has 1 aromatic rings. The van der Waals surface area contributed by atoms with Crippen LogP contribution in [0.5, 0.6) is 0 Å². The number of hydrogen-bond acceptors (Lipinski definition) is 7. The molecular weight excluding hydrogens is 312 g/mol. The van der Waals surface area contributed by atoms with E-state index in [0.29, 0.717) is 5.69 Å². The molecule has 24 heavy (non-hydrogen) atoms. The molecule has 1 N–H and O–H groups in total.